The van der Waals surface area contributed by atoms with Crippen molar-refractivity contribution in [2.45, 2.75) is 0 Å². The summed E-state index contributed by atoms with van der Waals surface area (Å²) < 4.78 is 22.1. The minimum absolute atomic E-state index is 0.476. The highest BCUT2D eigenvalue weighted by Gasteiger charge is 2.24. The SMILES string of the molecule is CN(C#N)C(=O)N(CCS(C)(=O)=O)C(=O)/C=C/C(=O)O. The van der Waals surface area contributed by atoms with E-state index in [1.807, 2.05) is 0 Å². The van der Waals surface area contributed by atoms with Crippen LogP contribution in [0.3, 0.4) is 0 Å². The van der Waals surface area contributed by atoms with Gasteiger partial charge in [-0.2, -0.15) is 5.26 Å². The third-order valence-electron chi connectivity index (χ3n) is 1.99. The Bertz CT molecular complexity index is 574. The smallest absolute Gasteiger partial charge is 0.339 e. The molecule has 0 spiro atoms. The Hall–Kier alpha value is -2.41. The first kappa shape index (κ1) is 17.6. The molecule has 0 aromatic carbocycles. The standard InChI is InChI=1S/C10H13N3O6S/c1-12(7-11)10(17)13(5-6-20(2,18)19)8(14)3-4-9(15)16/h3-4H,5-6H2,1-2H3,(H,15,16)/b4-3+. The van der Waals surface area contributed by atoms with E-state index in [2.05, 4.69) is 0 Å². The summed E-state index contributed by atoms with van der Waals surface area (Å²) in [6.45, 7) is -0.480. The lowest BCUT2D eigenvalue weighted by Crippen LogP contribution is -2.44. The highest BCUT2D eigenvalue weighted by Crippen LogP contribution is 2.00. The molecule has 0 saturated heterocycles. The predicted molar refractivity (Wildman–Crippen MR) is 67.0 cm³/mol. The van der Waals surface area contributed by atoms with Crippen LogP contribution in [0.25, 0.3) is 0 Å². The van der Waals surface area contributed by atoms with Crippen LogP contribution in [-0.2, 0) is 19.4 Å². The number of amides is 3. The van der Waals surface area contributed by atoms with Crippen molar-refractivity contribution in [3.05, 3.63) is 12.2 Å². The number of rotatable bonds is 5. The fourth-order valence-electron chi connectivity index (χ4n) is 1.01. The molecule has 0 atom stereocenters. The summed E-state index contributed by atoms with van der Waals surface area (Å²) in [6, 6.07) is -1.05. The van der Waals surface area contributed by atoms with Gasteiger partial charge in [-0.3, -0.25) is 9.69 Å². The summed E-state index contributed by atoms with van der Waals surface area (Å²) >= 11 is 0. The summed E-state index contributed by atoms with van der Waals surface area (Å²) in [6.07, 6.45) is 3.49. The second kappa shape index (κ2) is 7.25. The largest absolute Gasteiger partial charge is 0.478 e. The van der Waals surface area contributed by atoms with Crippen molar-refractivity contribution in [1.29, 1.82) is 5.26 Å². The molecule has 0 aromatic heterocycles. The number of carboxylic acids is 1. The van der Waals surface area contributed by atoms with E-state index in [9.17, 15) is 22.8 Å². The molecule has 1 N–H and O–H groups in total. The van der Waals surface area contributed by atoms with E-state index in [4.69, 9.17) is 10.4 Å². The normalized spacial score (nSPS) is 10.8. The zero-order valence-corrected chi connectivity index (χ0v) is 11.6. The van der Waals surface area contributed by atoms with Gasteiger partial charge >= 0.3 is 12.0 Å². The van der Waals surface area contributed by atoms with Crippen molar-refractivity contribution in [2.24, 2.45) is 0 Å². The molecule has 0 aliphatic carbocycles. The number of hydrogen-bond acceptors (Lipinski definition) is 6. The minimum atomic E-state index is -3.44. The fraction of sp³-hybridized carbons (Fsp3) is 0.400. The van der Waals surface area contributed by atoms with Gasteiger partial charge in [-0.1, -0.05) is 0 Å². The maximum absolute atomic E-state index is 11.7. The monoisotopic (exact) mass is 303 g/mol. The molecule has 0 bridgehead atoms. The molecule has 9 nitrogen and oxygen atoms in total. The first-order chi connectivity index (χ1) is 9.08. The highest BCUT2D eigenvalue weighted by molar-refractivity contribution is 7.90. The average Bonchev–Trinajstić information content (AvgIpc) is 2.33. The second-order valence-electron chi connectivity index (χ2n) is 3.73. The van der Waals surface area contributed by atoms with Crippen LogP contribution in [0.1, 0.15) is 0 Å². The fourth-order valence-corrected chi connectivity index (χ4v) is 1.53. The molecule has 0 radical (unpaired) electrons. The molecule has 0 saturated carbocycles. The number of urea groups is 1. The molecule has 0 heterocycles. The number of nitrogens with zero attached hydrogens (tertiary/aromatic N) is 3. The number of sulfone groups is 1. The van der Waals surface area contributed by atoms with Crippen molar-refractivity contribution in [2.75, 3.05) is 25.6 Å². The molecule has 0 unspecified atom stereocenters. The highest BCUT2D eigenvalue weighted by atomic mass is 32.2. The first-order valence-electron chi connectivity index (χ1n) is 5.16. The number of carbonyl (C=O) groups excluding carboxylic acids is 2. The molecule has 0 aromatic rings. The zero-order valence-electron chi connectivity index (χ0n) is 10.8. The van der Waals surface area contributed by atoms with Gasteiger partial charge in [0.15, 0.2) is 6.19 Å². The van der Waals surface area contributed by atoms with Gasteiger partial charge in [0.2, 0.25) is 0 Å². The van der Waals surface area contributed by atoms with Gasteiger partial charge in [0.05, 0.1) is 5.75 Å². The molecule has 0 aliphatic heterocycles. The lowest BCUT2D eigenvalue weighted by Gasteiger charge is -2.21. The number of hydrogen-bond donors (Lipinski definition) is 1. The van der Waals surface area contributed by atoms with Gasteiger partial charge in [0, 0.05) is 32.0 Å². The van der Waals surface area contributed by atoms with E-state index in [1.165, 1.54) is 6.19 Å². The molecule has 3 amide bonds. The van der Waals surface area contributed by atoms with E-state index in [1.54, 1.807) is 0 Å². The van der Waals surface area contributed by atoms with Gasteiger partial charge in [-0.25, -0.2) is 22.9 Å². The Morgan fingerprint density at radius 1 is 1.30 bits per heavy atom. The average molecular weight is 303 g/mol. The van der Waals surface area contributed by atoms with Crippen LogP contribution >= 0.6 is 0 Å². The van der Waals surface area contributed by atoms with E-state index < -0.39 is 40.0 Å². The van der Waals surface area contributed by atoms with Crippen LogP contribution in [0.4, 0.5) is 4.79 Å². The number of imide groups is 1. The quantitative estimate of drug-likeness (QED) is 0.392. The van der Waals surface area contributed by atoms with Gasteiger partial charge in [-0.15, -0.1) is 0 Å². The van der Waals surface area contributed by atoms with Gasteiger partial charge < -0.3 is 5.11 Å². The lowest BCUT2D eigenvalue weighted by molar-refractivity contribution is -0.132. The van der Waals surface area contributed by atoms with Crippen molar-refractivity contribution >= 4 is 27.7 Å². The molecule has 10 heteroatoms. The van der Waals surface area contributed by atoms with Crippen molar-refractivity contribution in [1.82, 2.24) is 9.80 Å². The van der Waals surface area contributed by atoms with Crippen molar-refractivity contribution < 1.29 is 27.9 Å². The van der Waals surface area contributed by atoms with Crippen molar-refractivity contribution in [3.63, 3.8) is 0 Å². The molecular formula is C10H13N3O6S. The zero-order chi connectivity index (χ0) is 15.9. The summed E-state index contributed by atoms with van der Waals surface area (Å²) in [7, 11) is -2.35. The lowest BCUT2D eigenvalue weighted by atomic mass is 10.4. The molecule has 20 heavy (non-hydrogen) atoms. The van der Waals surface area contributed by atoms with Crippen molar-refractivity contribution in [3.8, 4) is 6.19 Å². The number of nitriles is 1. The van der Waals surface area contributed by atoms with E-state index in [-0.39, 0.29) is 0 Å². The summed E-state index contributed by atoms with van der Waals surface area (Å²) in [5.41, 5.74) is 0. The minimum Gasteiger partial charge on any atom is -0.478 e. The molecule has 0 rings (SSSR count). The Labute approximate surface area is 115 Å². The van der Waals surface area contributed by atoms with Crippen LogP contribution in [0.2, 0.25) is 0 Å². The first-order valence-corrected chi connectivity index (χ1v) is 7.22. The summed E-state index contributed by atoms with van der Waals surface area (Å²) in [4.78, 5) is 34.7. The van der Waals surface area contributed by atoms with Crippen LogP contribution in [0.15, 0.2) is 12.2 Å². The summed E-state index contributed by atoms with van der Waals surface area (Å²) in [5, 5.41) is 17.0. The third-order valence-corrected chi connectivity index (χ3v) is 2.91. The number of aliphatic carboxylic acids is 1. The van der Waals surface area contributed by atoms with E-state index >= 15 is 0 Å². The predicted octanol–water partition coefficient (Wildman–Crippen LogP) is -0.967. The molecule has 0 fully saturated rings. The maximum Gasteiger partial charge on any atom is 0.339 e. The Kier molecular flexibility index (Phi) is 6.37. The molecule has 110 valence electrons. The van der Waals surface area contributed by atoms with Crippen LogP contribution < -0.4 is 0 Å². The Morgan fingerprint density at radius 2 is 1.85 bits per heavy atom. The van der Waals surface area contributed by atoms with Crippen LogP contribution in [0, 0.1) is 11.5 Å². The number of carboxylic acid groups (broad SMARTS) is 1. The van der Waals surface area contributed by atoms with E-state index in [0.717, 1.165) is 13.3 Å². The van der Waals surface area contributed by atoms with Crippen LogP contribution in [-0.4, -0.2) is 66.8 Å². The molecular weight excluding hydrogens is 290 g/mol. The van der Waals surface area contributed by atoms with Gasteiger partial charge in [-0.05, 0) is 0 Å². The van der Waals surface area contributed by atoms with Gasteiger partial charge in [0.25, 0.3) is 5.91 Å². The second-order valence-corrected chi connectivity index (χ2v) is 5.99. The van der Waals surface area contributed by atoms with E-state index in [0.29, 0.717) is 22.0 Å². The third kappa shape index (κ3) is 6.50. The summed E-state index contributed by atoms with van der Waals surface area (Å²) in [5.74, 6) is -2.92. The topological polar surface area (TPSA) is 136 Å². The maximum atomic E-state index is 11.7. The van der Waals surface area contributed by atoms with Gasteiger partial charge in [0.1, 0.15) is 9.84 Å². The van der Waals surface area contributed by atoms with Crippen LogP contribution in [0.5, 0.6) is 0 Å². The Balaban J connectivity index is 5.16. The molecule has 0 aliphatic rings. The number of carbonyl (C=O) groups is 3. The Morgan fingerprint density at radius 3 is 2.25 bits per heavy atom.